The van der Waals surface area contributed by atoms with Crippen molar-refractivity contribution in [3.05, 3.63) is 88.5 Å². The van der Waals surface area contributed by atoms with Crippen LogP contribution in [-0.2, 0) is 19.6 Å². The number of benzene rings is 2. The maximum atomic E-state index is 12.3. The Morgan fingerprint density at radius 1 is 1.12 bits per heavy atom. The number of carbonyl (C=O) groups is 1. The van der Waals surface area contributed by atoms with Crippen molar-refractivity contribution in [1.82, 2.24) is 9.55 Å². The number of ketones is 1. The van der Waals surface area contributed by atoms with Crippen molar-refractivity contribution in [1.29, 1.82) is 0 Å². The Hall–Kier alpha value is -2.43. The fraction of sp³-hybridized carbons (Fsp3) is 0.158. The molecule has 3 aromatic rings. The number of carbonyl (C=O) groups excluding carboxylic acids is 1. The van der Waals surface area contributed by atoms with Crippen molar-refractivity contribution in [3.8, 4) is 0 Å². The van der Waals surface area contributed by atoms with Gasteiger partial charge < -0.3 is 9.67 Å². The van der Waals surface area contributed by atoms with Crippen LogP contribution < -0.4 is 0 Å². The van der Waals surface area contributed by atoms with E-state index in [-0.39, 0.29) is 18.8 Å². The molecule has 0 spiro atoms. The van der Waals surface area contributed by atoms with Crippen molar-refractivity contribution >= 4 is 17.4 Å². The first-order chi connectivity index (χ1) is 11.6. The minimum Gasteiger partial charge on any atom is -0.392 e. The summed E-state index contributed by atoms with van der Waals surface area (Å²) in [7, 11) is 0. The minimum atomic E-state index is -0.0254. The largest absolute Gasteiger partial charge is 0.392 e. The molecule has 0 aliphatic carbocycles. The number of aromatic nitrogens is 2. The van der Waals surface area contributed by atoms with E-state index in [1.807, 2.05) is 35.0 Å². The summed E-state index contributed by atoms with van der Waals surface area (Å²) < 4.78 is 1.93. The molecule has 4 nitrogen and oxygen atoms in total. The number of Topliss-reactive ketones (excluding diaryl/α,β-unsaturated/α-hetero) is 1. The first-order valence-electron chi connectivity index (χ1n) is 7.62. The Morgan fingerprint density at radius 3 is 2.62 bits per heavy atom. The van der Waals surface area contributed by atoms with E-state index in [2.05, 4.69) is 4.98 Å². The van der Waals surface area contributed by atoms with Gasteiger partial charge in [0.1, 0.15) is 0 Å². The molecular formula is C19H17ClN2O2. The summed E-state index contributed by atoms with van der Waals surface area (Å²) >= 11 is 5.99. The highest BCUT2D eigenvalue weighted by molar-refractivity contribution is 6.30. The molecule has 0 amide bonds. The van der Waals surface area contributed by atoms with E-state index in [0.29, 0.717) is 17.1 Å². The number of aliphatic hydroxyl groups is 1. The average Bonchev–Trinajstić information content (AvgIpc) is 3.02. The van der Waals surface area contributed by atoms with Gasteiger partial charge in [-0.15, -0.1) is 0 Å². The van der Waals surface area contributed by atoms with Gasteiger partial charge in [0.2, 0.25) is 0 Å². The molecule has 0 unspecified atom stereocenters. The second-order valence-corrected chi connectivity index (χ2v) is 6.06. The van der Waals surface area contributed by atoms with E-state index in [9.17, 15) is 4.79 Å². The molecule has 1 N–H and O–H groups in total. The highest BCUT2D eigenvalue weighted by Crippen LogP contribution is 2.13. The van der Waals surface area contributed by atoms with Crippen LogP contribution in [-0.4, -0.2) is 20.4 Å². The quantitative estimate of drug-likeness (QED) is 0.699. The lowest BCUT2D eigenvalue weighted by molar-refractivity contribution is 0.0992. The number of hydrogen-bond acceptors (Lipinski definition) is 3. The van der Waals surface area contributed by atoms with Gasteiger partial charge in [0, 0.05) is 23.3 Å². The van der Waals surface area contributed by atoms with Crippen LogP contribution in [0.25, 0.3) is 0 Å². The van der Waals surface area contributed by atoms with Gasteiger partial charge in [-0.1, -0.05) is 48.0 Å². The molecule has 0 saturated heterocycles. The molecule has 0 bridgehead atoms. The molecule has 5 heteroatoms. The zero-order chi connectivity index (χ0) is 16.9. The summed E-state index contributed by atoms with van der Waals surface area (Å²) in [4.78, 5) is 16.6. The Labute approximate surface area is 145 Å². The fourth-order valence-corrected chi connectivity index (χ4v) is 2.71. The monoisotopic (exact) mass is 340 g/mol. The van der Waals surface area contributed by atoms with E-state index in [4.69, 9.17) is 16.7 Å². The first kappa shape index (κ1) is 16.4. The Kier molecular flexibility index (Phi) is 5.08. The fourth-order valence-electron chi connectivity index (χ4n) is 2.49. The topological polar surface area (TPSA) is 55.1 Å². The molecular weight excluding hydrogens is 324 g/mol. The summed E-state index contributed by atoms with van der Waals surface area (Å²) in [6, 6.07) is 14.6. The number of nitrogens with zero attached hydrogens (tertiary/aromatic N) is 2. The molecule has 24 heavy (non-hydrogen) atoms. The van der Waals surface area contributed by atoms with E-state index in [1.165, 1.54) is 0 Å². The van der Waals surface area contributed by atoms with Crippen molar-refractivity contribution < 1.29 is 9.90 Å². The lowest BCUT2D eigenvalue weighted by Crippen LogP contribution is -2.04. The number of halogens is 1. The maximum absolute atomic E-state index is 12.3. The van der Waals surface area contributed by atoms with Gasteiger partial charge in [0.05, 0.1) is 25.0 Å². The zero-order valence-electron chi connectivity index (χ0n) is 13.0. The van der Waals surface area contributed by atoms with Crippen LogP contribution in [0.2, 0.25) is 5.02 Å². The first-order valence-corrected chi connectivity index (χ1v) is 8.00. The van der Waals surface area contributed by atoms with Crippen LogP contribution in [0.15, 0.2) is 61.1 Å². The van der Waals surface area contributed by atoms with Crippen LogP contribution in [0, 0.1) is 0 Å². The van der Waals surface area contributed by atoms with Gasteiger partial charge in [-0.3, -0.25) is 4.79 Å². The lowest BCUT2D eigenvalue weighted by Gasteiger charge is -2.03. The van der Waals surface area contributed by atoms with Crippen molar-refractivity contribution in [3.63, 3.8) is 0 Å². The summed E-state index contributed by atoms with van der Waals surface area (Å²) in [5.74, 6) is 0.00694. The third-order valence-corrected chi connectivity index (χ3v) is 3.98. The molecule has 0 radical (unpaired) electrons. The molecule has 1 heterocycles. The predicted octanol–water partition coefficient (Wildman–Crippen LogP) is 3.50. The predicted molar refractivity (Wildman–Crippen MR) is 93.2 cm³/mol. The SMILES string of the molecule is O=C(Cc1cn(Cc2cccc(Cl)c2)cn1)c1ccc(CO)cc1. The smallest absolute Gasteiger partial charge is 0.168 e. The summed E-state index contributed by atoms with van der Waals surface area (Å²) in [6.45, 7) is 0.634. The van der Waals surface area contributed by atoms with Crippen molar-refractivity contribution in [2.75, 3.05) is 0 Å². The zero-order valence-corrected chi connectivity index (χ0v) is 13.8. The van der Waals surface area contributed by atoms with Crippen LogP contribution in [0.5, 0.6) is 0 Å². The van der Waals surface area contributed by atoms with E-state index >= 15 is 0 Å². The third-order valence-electron chi connectivity index (χ3n) is 3.74. The second kappa shape index (κ2) is 7.43. The van der Waals surface area contributed by atoms with Gasteiger partial charge in [-0.25, -0.2) is 4.98 Å². The van der Waals surface area contributed by atoms with Crippen LogP contribution >= 0.6 is 11.6 Å². The Balaban J connectivity index is 1.65. The number of hydrogen-bond donors (Lipinski definition) is 1. The average molecular weight is 341 g/mol. The molecule has 1 aromatic heterocycles. The normalized spacial score (nSPS) is 10.8. The van der Waals surface area contributed by atoms with Gasteiger partial charge in [-0.2, -0.15) is 0 Å². The molecule has 2 aromatic carbocycles. The molecule has 0 aliphatic heterocycles. The number of imidazole rings is 1. The third kappa shape index (κ3) is 4.10. The summed E-state index contributed by atoms with van der Waals surface area (Å²) in [5.41, 5.74) is 3.22. The lowest BCUT2D eigenvalue weighted by atomic mass is 10.1. The molecule has 0 atom stereocenters. The summed E-state index contributed by atoms with van der Waals surface area (Å²) in [5, 5.41) is 9.74. The van der Waals surface area contributed by atoms with Crippen molar-refractivity contribution in [2.45, 2.75) is 19.6 Å². The minimum absolute atomic E-state index is 0.00694. The van der Waals surface area contributed by atoms with Gasteiger partial charge >= 0.3 is 0 Å². The van der Waals surface area contributed by atoms with Gasteiger partial charge in [-0.05, 0) is 23.3 Å². The molecule has 0 fully saturated rings. The highest BCUT2D eigenvalue weighted by Gasteiger charge is 2.09. The number of aliphatic hydroxyl groups excluding tert-OH is 1. The van der Waals surface area contributed by atoms with Gasteiger partial charge in [0.25, 0.3) is 0 Å². The maximum Gasteiger partial charge on any atom is 0.168 e. The highest BCUT2D eigenvalue weighted by atomic mass is 35.5. The van der Waals surface area contributed by atoms with Gasteiger partial charge in [0.15, 0.2) is 5.78 Å². The molecule has 122 valence electrons. The van der Waals surface area contributed by atoms with Crippen molar-refractivity contribution in [2.24, 2.45) is 0 Å². The van der Waals surface area contributed by atoms with Crippen LogP contribution in [0.3, 0.4) is 0 Å². The van der Waals surface area contributed by atoms with E-state index < -0.39 is 0 Å². The van der Waals surface area contributed by atoms with E-state index in [1.54, 1.807) is 30.6 Å². The summed E-state index contributed by atoms with van der Waals surface area (Å²) in [6.07, 6.45) is 3.85. The molecule has 0 aliphatic rings. The van der Waals surface area contributed by atoms with E-state index in [0.717, 1.165) is 16.8 Å². The van der Waals surface area contributed by atoms with Crippen LogP contribution in [0.4, 0.5) is 0 Å². The second-order valence-electron chi connectivity index (χ2n) is 5.62. The Bertz CT molecular complexity index is 841. The van der Waals surface area contributed by atoms with Crippen LogP contribution in [0.1, 0.15) is 27.2 Å². The Morgan fingerprint density at radius 2 is 1.92 bits per heavy atom. The number of rotatable bonds is 6. The molecule has 0 saturated carbocycles. The molecule has 3 rings (SSSR count). The standard InChI is InChI=1S/C19H17ClN2O2/c20-17-3-1-2-15(8-17)10-22-11-18(21-13-22)9-19(24)16-6-4-14(12-23)5-7-16/h1-8,11,13,23H,9-10,12H2.